The SMILES string of the molecule is C#CCOc1cc(OC)ccc1/C=C1\C(=O)NC(=O)N(c2ccc(C)cc2C)C1=O. The summed E-state index contributed by atoms with van der Waals surface area (Å²) in [5.41, 5.74) is 2.36. The molecule has 0 aliphatic carbocycles. The van der Waals surface area contributed by atoms with Crippen molar-refractivity contribution >= 4 is 29.6 Å². The number of methoxy groups -OCH3 is 1. The molecule has 1 aliphatic rings. The first-order valence-corrected chi connectivity index (χ1v) is 9.08. The fourth-order valence-corrected chi connectivity index (χ4v) is 3.09. The second-order valence-corrected chi connectivity index (χ2v) is 6.64. The number of hydrogen-bond donors (Lipinski definition) is 1. The first-order valence-electron chi connectivity index (χ1n) is 9.08. The lowest BCUT2D eigenvalue weighted by Crippen LogP contribution is -2.54. The highest BCUT2D eigenvalue weighted by atomic mass is 16.5. The van der Waals surface area contributed by atoms with Gasteiger partial charge in [0.05, 0.1) is 12.8 Å². The Morgan fingerprint density at radius 3 is 2.57 bits per heavy atom. The summed E-state index contributed by atoms with van der Waals surface area (Å²) in [6.45, 7) is 3.69. The quantitative estimate of drug-likeness (QED) is 0.471. The fourth-order valence-electron chi connectivity index (χ4n) is 3.09. The van der Waals surface area contributed by atoms with E-state index in [2.05, 4.69) is 11.2 Å². The lowest BCUT2D eigenvalue weighted by Gasteiger charge is -2.27. The summed E-state index contributed by atoms with van der Waals surface area (Å²) in [5, 5.41) is 2.22. The molecule has 0 aromatic heterocycles. The van der Waals surface area contributed by atoms with Crippen LogP contribution in [0.2, 0.25) is 0 Å². The number of hydrogen-bond acceptors (Lipinski definition) is 5. The van der Waals surface area contributed by atoms with Gasteiger partial charge in [-0.2, -0.15) is 0 Å². The zero-order valence-corrected chi connectivity index (χ0v) is 16.8. The van der Waals surface area contributed by atoms with E-state index in [1.54, 1.807) is 37.3 Å². The lowest BCUT2D eigenvalue weighted by molar-refractivity contribution is -0.122. The van der Waals surface area contributed by atoms with Crippen LogP contribution in [0.25, 0.3) is 6.08 Å². The van der Waals surface area contributed by atoms with Gasteiger partial charge in [-0.25, -0.2) is 9.69 Å². The molecule has 1 N–H and O–H groups in total. The van der Waals surface area contributed by atoms with Crippen LogP contribution in [0, 0.1) is 26.2 Å². The Morgan fingerprint density at radius 1 is 1.13 bits per heavy atom. The monoisotopic (exact) mass is 404 g/mol. The number of carbonyl (C=O) groups excluding carboxylic acids is 3. The summed E-state index contributed by atoms with van der Waals surface area (Å²) < 4.78 is 10.7. The third-order valence-corrected chi connectivity index (χ3v) is 4.53. The van der Waals surface area contributed by atoms with Gasteiger partial charge in [-0.05, 0) is 43.7 Å². The predicted molar refractivity (Wildman–Crippen MR) is 112 cm³/mol. The molecule has 0 radical (unpaired) electrons. The molecule has 0 unspecified atom stereocenters. The van der Waals surface area contributed by atoms with E-state index in [-0.39, 0.29) is 12.2 Å². The van der Waals surface area contributed by atoms with Crippen molar-refractivity contribution in [3.63, 3.8) is 0 Å². The van der Waals surface area contributed by atoms with Crippen LogP contribution >= 0.6 is 0 Å². The molecule has 2 aromatic carbocycles. The van der Waals surface area contributed by atoms with Crippen LogP contribution in [0.3, 0.4) is 0 Å². The average molecular weight is 404 g/mol. The number of terminal acetylenes is 1. The van der Waals surface area contributed by atoms with E-state index in [9.17, 15) is 14.4 Å². The molecule has 3 rings (SSSR count). The molecule has 4 amide bonds. The maximum absolute atomic E-state index is 13.1. The highest BCUT2D eigenvalue weighted by molar-refractivity contribution is 6.39. The molecule has 1 aliphatic heterocycles. The number of anilines is 1. The van der Waals surface area contributed by atoms with E-state index in [0.717, 1.165) is 16.0 Å². The van der Waals surface area contributed by atoms with Crippen molar-refractivity contribution in [1.82, 2.24) is 5.32 Å². The summed E-state index contributed by atoms with van der Waals surface area (Å²) in [6, 6.07) is 9.41. The topological polar surface area (TPSA) is 84.9 Å². The van der Waals surface area contributed by atoms with Gasteiger partial charge >= 0.3 is 6.03 Å². The molecular formula is C23H20N2O5. The van der Waals surface area contributed by atoms with Crippen molar-refractivity contribution in [2.75, 3.05) is 18.6 Å². The number of amides is 4. The standard InChI is InChI=1S/C23H20N2O5/c1-5-10-30-20-13-17(29-4)8-7-16(20)12-18-21(26)24-23(28)25(22(18)27)19-9-6-14(2)11-15(19)3/h1,6-9,11-13H,10H2,2-4H3,(H,24,26,28)/b18-12+. The minimum Gasteiger partial charge on any atom is -0.497 e. The molecule has 0 spiro atoms. The number of imide groups is 2. The summed E-state index contributed by atoms with van der Waals surface area (Å²) in [6.07, 6.45) is 6.63. The number of barbiturate groups is 1. The van der Waals surface area contributed by atoms with Crippen molar-refractivity contribution in [2.24, 2.45) is 0 Å². The Kier molecular flexibility index (Phi) is 5.88. The number of aryl methyl sites for hydroxylation is 2. The maximum Gasteiger partial charge on any atom is 0.335 e. The van der Waals surface area contributed by atoms with E-state index in [0.29, 0.717) is 22.7 Å². The Labute approximate surface area is 174 Å². The van der Waals surface area contributed by atoms with E-state index < -0.39 is 17.8 Å². The second kappa shape index (κ2) is 8.53. The van der Waals surface area contributed by atoms with E-state index in [1.807, 2.05) is 13.0 Å². The van der Waals surface area contributed by atoms with Gasteiger partial charge < -0.3 is 9.47 Å². The van der Waals surface area contributed by atoms with Crippen molar-refractivity contribution in [3.05, 3.63) is 58.7 Å². The Hall–Kier alpha value is -4.05. The smallest absolute Gasteiger partial charge is 0.335 e. The first kappa shape index (κ1) is 20.7. The first-order chi connectivity index (χ1) is 14.3. The molecule has 7 nitrogen and oxygen atoms in total. The van der Waals surface area contributed by atoms with Gasteiger partial charge in [0.2, 0.25) is 0 Å². The predicted octanol–water partition coefficient (Wildman–Crippen LogP) is 2.99. The van der Waals surface area contributed by atoms with Gasteiger partial charge in [-0.15, -0.1) is 6.42 Å². The summed E-state index contributed by atoms with van der Waals surface area (Å²) in [7, 11) is 1.50. The molecule has 1 saturated heterocycles. The maximum atomic E-state index is 13.1. The van der Waals surface area contributed by atoms with E-state index in [1.165, 1.54) is 13.2 Å². The molecule has 152 valence electrons. The fraction of sp³-hybridized carbons (Fsp3) is 0.174. The average Bonchev–Trinajstić information content (AvgIpc) is 2.71. The van der Waals surface area contributed by atoms with Gasteiger partial charge in [0.15, 0.2) is 0 Å². The van der Waals surface area contributed by atoms with E-state index in [4.69, 9.17) is 15.9 Å². The van der Waals surface area contributed by atoms with Crippen LogP contribution in [0.5, 0.6) is 11.5 Å². The van der Waals surface area contributed by atoms with Crippen LogP contribution in [-0.2, 0) is 9.59 Å². The lowest BCUT2D eigenvalue weighted by atomic mass is 10.0. The van der Waals surface area contributed by atoms with Crippen LogP contribution in [0.15, 0.2) is 42.0 Å². The van der Waals surface area contributed by atoms with Crippen molar-refractivity contribution in [3.8, 4) is 23.8 Å². The number of ether oxygens (including phenoxy) is 2. The summed E-state index contributed by atoms with van der Waals surface area (Å²) in [5.74, 6) is 1.72. The van der Waals surface area contributed by atoms with Gasteiger partial charge in [-0.3, -0.25) is 14.9 Å². The Bertz CT molecular complexity index is 1110. The van der Waals surface area contributed by atoms with Crippen molar-refractivity contribution in [2.45, 2.75) is 13.8 Å². The number of urea groups is 1. The highest BCUT2D eigenvalue weighted by Gasteiger charge is 2.37. The van der Waals surface area contributed by atoms with Crippen LogP contribution in [0.1, 0.15) is 16.7 Å². The number of rotatable bonds is 5. The molecule has 1 heterocycles. The molecule has 0 bridgehead atoms. The second-order valence-electron chi connectivity index (χ2n) is 6.64. The minimum atomic E-state index is -0.798. The number of nitrogens with one attached hydrogen (secondary N) is 1. The van der Waals surface area contributed by atoms with Gasteiger partial charge in [-0.1, -0.05) is 23.6 Å². The molecule has 1 fully saturated rings. The summed E-state index contributed by atoms with van der Waals surface area (Å²) >= 11 is 0. The zero-order valence-electron chi connectivity index (χ0n) is 16.8. The van der Waals surface area contributed by atoms with E-state index >= 15 is 0 Å². The van der Waals surface area contributed by atoms with Gasteiger partial charge in [0.1, 0.15) is 23.7 Å². The Balaban J connectivity index is 2.06. The third kappa shape index (κ3) is 4.03. The molecule has 7 heteroatoms. The van der Waals surface area contributed by atoms with Gasteiger partial charge in [0.25, 0.3) is 11.8 Å². The third-order valence-electron chi connectivity index (χ3n) is 4.53. The van der Waals surface area contributed by atoms with Gasteiger partial charge in [0, 0.05) is 11.6 Å². The van der Waals surface area contributed by atoms with Crippen LogP contribution in [0.4, 0.5) is 10.5 Å². The van der Waals surface area contributed by atoms with Crippen LogP contribution in [-0.4, -0.2) is 31.6 Å². The minimum absolute atomic E-state index is 0.00332. The zero-order chi connectivity index (χ0) is 21.8. The molecular weight excluding hydrogens is 384 g/mol. The molecule has 0 saturated carbocycles. The molecule has 0 atom stereocenters. The highest BCUT2D eigenvalue weighted by Crippen LogP contribution is 2.30. The largest absolute Gasteiger partial charge is 0.497 e. The summed E-state index contributed by atoms with van der Waals surface area (Å²) in [4.78, 5) is 38.9. The van der Waals surface area contributed by atoms with Crippen molar-refractivity contribution < 1.29 is 23.9 Å². The van der Waals surface area contributed by atoms with Crippen molar-refractivity contribution in [1.29, 1.82) is 0 Å². The Morgan fingerprint density at radius 2 is 1.90 bits per heavy atom. The normalized spacial score (nSPS) is 15.1. The molecule has 2 aromatic rings. The number of carbonyl (C=O) groups is 3. The van der Waals surface area contributed by atoms with Crippen LogP contribution < -0.4 is 19.7 Å². The number of benzene rings is 2. The number of nitrogens with zero attached hydrogens (tertiary/aromatic N) is 1. The molecule has 30 heavy (non-hydrogen) atoms.